The number of hydrogen-bond donors (Lipinski definition) is 0. The Balaban J connectivity index is 1.43. The average molecular weight is 593 g/mol. The largest absolute Gasteiger partial charge is 0.497 e. The van der Waals surface area contributed by atoms with Gasteiger partial charge in [0, 0.05) is 43.7 Å². The number of methoxy groups -OCH3 is 3. The van der Waals surface area contributed by atoms with Crippen molar-refractivity contribution >= 4 is 28.9 Å². The molecule has 1 aromatic heterocycles. The van der Waals surface area contributed by atoms with Gasteiger partial charge >= 0.3 is 0 Å². The zero-order valence-electron chi connectivity index (χ0n) is 24.2. The van der Waals surface area contributed by atoms with Gasteiger partial charge in [-0.15, -0.1) is 11.3 Å². The molecule has 1 saturated heterocycles. The minimum atomic E-state index is -0.420. The predicted molar refractivity (Wildman–Crippen MR) is 161 cm³/mol. The van der Waals surface area contributed by atoms with Crippen molar-refractivity contribution in [2.45, 2.75) is 12.5 Å². The van der Waals surface area contributed by atoms with Crippen LogP contribution in [0.4, 0.5) is 0 Å². The summed E-state index contributed by atoms with van der Waals surface area (Å²) in [6.45, 7) is 3.79. The van der Waals surface area contributed by atoms with Gasteiger partial charge in [-0.05, 0) is 53.9 Å². The van der Waals surface area contributed by atoms with Crippen LogP contribution in [0.25, 0.3) is 0 Å². The van der Waals surface area contributed by atoms with Crippen molar-refractivity contribution in [3.05, 3.63) is 76.0 Å². The van der Waals surface area contributed by atoms with Crippen LogP contribution in [0, 0.1) is 0 Å². The lowest BCUT2D eigenvalue weighted by Gasteiger charge is -2.31. The van der Waals surface area contributed by atoms with E-state index in [0.717, 1.165) is 29.2 Å². The summed E-state index contributed by atoms with van der Waals surface area (Å²) in [5.74, 6) is 1.45. The van der Waals surface area contributed by atoms with E-state index in [2.05, 4.69) is 4.90 Å². The maximum absolute atomic E-state index is 14.1. The number of morpholine rings is 1. The van der Waals surface area contributed by atoms with Crippen molar-refractivity contribution in [1.82, 2.24) is 14.8 Å². The van der Waals surface area contributed by atoms with Gasteiger partial charge in [0.25, 0.3) is 11.8 Å². The lowest BCUT2D eigenvalue weighted by molar-refractivity contribution is -0.133. The molecule has 0 radical (unpaired) electrons. The first-order valence-electron chi connectivity index (χ1n) is 13.9. The third kappa shape index (κ3) is 6.75. The number of hydrogen-bond acceptors (Lipinski definition) is 9. The molecule has 2 amide bonds. The summed E-state index contributed by atoms with van der Waals surface area (Å²) in [5.41, 5.74) is 2.09. The highest BCUT2D eigenvalue weighted by Crippen LogP contribution is 2.40. The van der Waals surface area contributed by atoms with Crippen molar-refractivity contribution < 1.29 is 28.5 Å². The van der Waals surface area contributed by atoms with Crippen molar-refractivity contribution in [2.24, 2.45) is 5.10 Å². The first-order chi connectivity index (χ1) is 20.5. The molecule has 10 nitrogen and oxygen atoms in total. The number of nitrogens with zero attached hydrogens (tertiary/aromatic N) is 4. The fraction of sp³-hybridized carbons (Fsp3) is 0.387. The van der Waals surface area contributed by atoms with Crippen molar-refractivity contribution in [3.8, 4) is 17.2 Å². The van der Waals surface area contributed by atoms with Gasteiger partial charge in [0.05, 0.1) is 51.2 Å². The van der Waals surface area contributed by atoms with E-state index in [1.807, 2.05) is 35.7 Å². The van der Waals surface area contributed by atoms with Crippen LogP contribution < -0.4 is 14.2 Å². The molecule has 11 heteroatoms. The van der Waals surface area contributed by atoms with Crippen LogP contribution in [-0.2, 0) is 9.53 Å². The molecular weight excluding hydrogens is 556 g/mol. The number of ether oxygens (including phenoxy) is 4. The molecule has 0 unspecified atom stereocenters. The second kappa shape index (κ2) is 13.8. The molecule has 2 aliphatic heterocycles. The van der Waals surface area contributed by atoms with Crippen LogP contribution in [-0.4, -0.2) is 99.6 Å². The number of carbonyl (C=O) groups is 2. The second-order valence-electron chi connectivity index (χ2n) is 10.00. The SMILES string of the molecule is COc1ccc(C(=O)N(CCN2CCOCC2)CC(=O)N2N=C(c3cccs3)C[C@@H]2c2cc(OC)ccc2OC)cc1. The van der Waals surface area contributed by atoms with E-state index in [-0.39, 0.29) is 18.4 Å². The summed E-state index contributed by atoms with van der Waals surface area (Å²) in [4.78, 5) is 32.7. The molecule has 222 valence electrons. The maximum Gasteiger partial charge on any atom is 0.262 e. The highest BCUT2D eigenvalue weighted by atomic mass is 32.1. The van der Waals surface area contributed by atoms with Crippen LogP contribution in [0.5, 0.6) is 17.2 Å². The molecule has 0 saturated carbocycles. The van der Waals surface area contributed by atoms with E-state index in [0.29, 0.717) is 55.5 Å². The quantitative estimate of drug-likeness (QED) is 0.333. The zero-order chi connectivity index (χ0) is 29.5. The number of thiophene rings is 1. The highest BCUT2D eigenvalue weighted by molar-refractivity contribution is 7.12. The predicted octanol–water partition coefficient (Wildman–Crippen LogP) is 3.93. The molecule has 3 aromatic rings. The molecule has 0 bridgehead atoms. The molecule has 2 aliphatic rings. The Morgan fingerprint density at radius 1 is 1.00 bits per heavy atom. The first-order valence-corrected chi connectivity index (χ1v) is 14.8. The lowest BCUT2D eigenvalue weighted by Crippen LogP contribution is -2.46. The Morgan fingerprint density at radius 3 is 2.40 bits per heavy atom. The molecule has 2 aromatic carbocycles. The second-order valence-corrected chi connectivity index (χ2v) is 10.9. The normalized spacial score (nSPS) is 17.1. The Morgan fingerprint density at radius 2 is 1.74 bits per heavy atom. The molecule has 3 heterocycles. The van der Waals surface area contributed by atoms with E-state index >= 15 is 0 Å². The smallest absolute Gasteiger partial charge is 0.262 e. The van der Waals surface area contributed by atoms with Crippen LogP contribution in [0.1, 0.15) is 33.3 Å². The third-order valence-corrected chi connectivity index (χ3v) is 8.43. The Bertz CT molecular complexity index is 1390. The Kier molecular flexibility index (Phi) is 9.73. The monoisotopic (exact) mass is 592 g/mol. The molecule has 1 fully saturated rings. The minimum absolute atomic E-state index is 0.126. The molecule has 42 heavy (non-hydrogen) atoms. The van der Waals surface area contributed by atoms with E-state index in [1.165, 1.54) is 5.01 Å². The van der Waals surface area contributed by atoms with Gasteiger partial charge in [0.15, 0.2) is 0 Å². The van der Waals surface area contributed by atoms with Crippen molar-refractivity contribution in [2.75, 3.05) is 67.3 Å². The van der Waals surface area contributed by atoms with Gasteiger partial charge in [-0.25, -0.2) is 5.01 Å². The van der Waals surface area contributed by atoms with Crippen molar-refractivity contribution in [1.29, 1.82) is 0 Å². The van der Waals surface area contributed by atoms with Gasteiger partial charge in [-0.2, -0.15) is 5.10 Å². The number of hydrazone groups is 1. The fourth-order valence-corrected chi connectivity index (χ4v) is 5.89. The minimum Gasteiger partial charge on any atom is -0.497 e. The summed E-state index contributed by atoms with van der Waals surface area (Å²) in [6.07, 6.45) is 0.510. The lowest BCUT2D eigenvalue weighted by atomic mass is 9.99. The summed E-state index contributed by atoms with van der Waals surface area (Å²) < 4.78 is 21.9. The van der Waals surface area contributed by atoms with Gasteiger partial charge in [0.1, 0.15) is 23.8 Å². The molecular formula is C31H36N4O6S. The summed E-state index contributed by atoms with van der Waals surface area (Å²) >= 11 is 1.58. The molecule has 0 N–H and O–H groups in total. The highest BCUT2D eigenvalue weighted by Gasteiger charge is 2.36. The average Bonchev–Trinajstić information content (AvgIpc) is 3.74. The molecule has 1 atom stereocenters. The van der Waals surface area contributed by atoms with Crippen LogP contribution in [0.2, 0.25) is 0 Å². The molecule has 5 rings (SSSR count). The Labute approximate surface area is 250 Å². The maximum atomic E-state index is 14.1. The van der Waals surface area contributed by atoms with Gasteiger partial charge < -0.3 is 23.8 Å². The summed E-state index contributed by atoms with van der Waals surface area (Å²) in [5, 5.41) is 8.31. The number of carbonyl (C=O) groups excluding carboxylic acids is 2. The van der Waals surface area contributed by atoms with Crippen molar-refractivity contribution in [3.63, 3.8) is 0 Å². The third-order valence-electron chi connectivity index (χ3n) is 7.51. The summed E-state index contributed by atoms with van der Waals surface area (Å²) in [7, 11) is 4.79. The topological polar surface area (TPSA) is 93.1 Å². The number of amides is 2. The summed E-state index contributed by atoms with van der Waals surface area (Å²) in [6, 6.07) is 16.0. The Hall–Kier alpha value is -3.93. The van der Waals surface area contributed by atoms with E-state index in [1.54, 1.807) is 61.8 Å². The standard InChI is InChI=1S/C31H36N4O6S/c1-38-23-8-6-22(7-9-23)31(37)34(13-12-33-14-16-41-17-15-33)21-30(36)35-27(20-26(32-35)29-5-4-18-42-29)25-19-24(39-2)10-11-28(25)40-3/h4-11,18-19,27H,12-17,20-21H2,1-3H3/t27-/m1/s1. The van der Waals surface area contributed by atoms with E-state index in [9.17, 15) is 9.59 Å². The van der Waals surface area contributed by atoms with Crippen LogP contribution in [0.3, 0.4) is 0 Å². The van der Waals surface area contributed by atoms with Crippen LogP contribution in [0.15, 0.2) is 65.1 Å². The zero-order valence-corrected chi connectivity index (χ0v) is 25.0. The van der Waals surface area contributed by atoms with Crippen LogP contribution >= 0.6 is 11.3 Å². The van der Waals surface area contributed by atoms with Gasteiger partial charge in [-0.1, -0.05) is 6.07 Å². The number of rotatable bonds is 11. The molecule has 0 aliphatic carbocycles. The van der Waals surface area contributed by atoms with Gasteiger partial charge in [0.2, 0.25) is 0 Å². The van der Waals surface area contributed by atoms with E-state index < -0.39 is 6.04 Å². The van der Waals surface area contributed by atoms with Gasteiger partial charge in [-0.3, -0.25) is 14.5 Å². The molecule has 0 spiro atoms. The first kappa shape index (κ1) is 29.6. The fourth-order valence-electron chi connectivity index (χ4n) is 5.17. The van der Waals surface area contributed by atoms with E-state index in [4.69, 9.17) is 24.0 Å². The number of benzene rings is 2.